The van der Waals surface area contributed by atoms with Gasteiger partial charge in [0, 0.05) is 72.2 Å². The number of hydrogen-bond donors (Lipinski definition) is 1. The van der Waals surface area contributed by atoms with E-state index in [0.29, 0.717) is 5.69 Å². The minimum Gasteiger partial charge on any atom is -0.851 e. The summed E-state index contributed by atoms with van der Waals surface area (Å²) in [6.07, 6.45) is -2.24. The normalized spacial score (nSPS) is 22.6. The maximum Gasteiger partial charge on any atom is 0.0897 e. The molecule has 0 bridgehead atoms. The fraction of sp³-hybridized carbons (Fsp3) is 0.263. The van der Waals surface area contributed by atoms with E-state index in [4.69, 9.17) is 5.73 Å². The molecule has 6 aromatic carbocycles. The predicted octanol–water partition coefficient (Wildman–Crippen LogP) is 4.91. The fourth-order valence-corrected chi connectivity index (χ4v) is 8.97. The molecule has 7 heteroatoms. The molecule has 45 heavy (non-hydrogen) atoms. The molecule has 1 aliphatic carbocycles. The first-order chi connectivity index (χ1) is 21.8. The highest BCUT2D eigenvalue weighted by molar-refractivity contribution is 6.22. The fourth-order valence-electron chi connectivity index (χ4n) is 8.97. The summed E-state index contributed by atoms with van der Waals surface area (Å²) in [7, 11) is 8.38. The summed E-state index contributed by atoms with van der Waals surface area (Å²) in [5.74, 6) is -1.41. The molecule has 7 nitrogen and oxygen atoms in total. The molecule has 0 amide bonds. The maximum absolute atomic E-state index is 14.8. The van der Waals surface area contributed by atoms with Crippen molar-refractivity contribution in [2.24, 2.45) is 0 Å². The molecule has 226 valence electrons. The van der Waals surface area contributed by atoms with Crippen LogP contribution < -0.4 is 35.5 Å². The smallest absolute Gasteiger partial charge is 0.0897 e. The van der Waals surface area contributed by atoms with Crippen molar-refractivity contribution in [1.82, 2.24) is 0 Å². The van der Waals surface area contributed by atoms with Crippen molar-refractivity contribution >= 4 is 71.5 Å². The molecular weight excluding hydrogens is 558 g/mol. The van der Waals surface area contributed by atoms with Gasteiger partial charge in [-0.05, 0) is 57.3 Å². The van der Waals surface area contributed by atoms with Crippen LogP contribution >= 0.6 is 0 Å². The number of nitrogens with zero attached hydrogens (tertiary/aromatic N) is 4. The van der Waals surface area contributed by atoms with Gasteiger partial charge in [0.05, 0.1) is 24.7 Å². The average Bonchev–Trinajstić information content (AvgIpc) is 3.03. The second-order valence-corrected chi connectivity index (χ2v) is 13.3. The molecule has 2 aliphatic heterocycles. The molecule has 2 N–H and O–H groups in total. The first-order valence-electron chi connectivity index (χ1n) is 15.7. The Morgan fingerprint density at radius 2 is 0.978 bits per heavy atom. The van der Waals surface area contributed by atoms with Crippen molar-refractivity contribution in [3.05, 3.63) is 90.0 Å². The third kappa shape index (κ3) is 3.32. The molecule has 2 unspecified atom stereocenters. The highest BCUT2D eigenvalue weighted by atomic mass is 16.3. The third-order valence-corrected chi connectivity index (χ3v) is 10.7. The first kappa shape index (κ1) is 26.7. The summed E-state index contributed by atoms with van der Waals surface area (Å²) in [6, 6.07) is 26.8. The van der Waals surface area contributed by atoms with E-state index in [2.05, 4.69) is 102 Å². The molecule has 6 aromatic rings. The molecule has 9 rings (SSSR count). The molecule has 2 atom stereocenters. The SMILES string of the molecule is CN1CN(C)c2c3ccccc3c(C3C([O-])C(c4c5cccc6c5c(c5cccc(N)c45)N(C)CN6C)C3[O-])c3cccc1c23. The Balaban J connectivity index is 1.31. The van der Waals surface area contributed by atoms with Gasteiger partial charge in [-0.1, -0.05) is 60.7 Å². The van der Waals surface area contributed by atoms with Crippen molar-refractivity contribution in [2.45, 2.75) is 24.0 Å². The van der Waals surface area contributed by atoms with E-state index in [1.54, 1.807) is 0 Å². The van der Waals surface area contributed by atoms with Crippen LogP contribution in [0.3, 0.4) is 0 Å². The molecule has 0 aromatic heterocycles. The highest BCUT2D eigenvalue weighted by Crippen LogP contribution is 2.57. The number of benzene rings is 6. The van der Waals surface area contributed by atoms with Gasteiger partial charge in [-0.25, -0.2) is 0 Å². The van der Waals surface area contributed by atoms with Crippen molar-refractivity contribution in [3.8, 4) is 0 Å². The molecule has 0 spiro atoms. The van der Waals surface area contributed by atoms with Gasteiger partial charge < -0.3 is 35.5 Å². The number of anilines is 5. The third-order valence-electron chi connectivity index (χ3n) is 10.7. The average molecular weight is 594 g/mol. The lowest BCUT2D eigenvalue weighted by Gasteiger charge is -2.62. The lowest BCUT2D eigenvalue weighted by Crippen LogP contribution is -2.63. The van der Waals surface area contributed by atoms with Crippen molar-refractivity contribution in [2.75, 3.05) is 66.9 Å². The number of rotatable bonds is 2. The first-order valence-corrected chi connectivity index (χ1v) is 15.7. The number of fused-ring (bicyclic) bond motifs is 4. The van der Waals surface area contributed by atoms with Gasteiger partial charge in [0.25, 0.3) is 0 Å². The van der Waals surface area contributed by atoms with Crippen LogP contribution in [0, 0.1) is 0 Å². The van der Waals surface area contributed by atoms with E-state index < -0.39 is 24.0 Å². The van der Waals surface area contributed by atoms with Gasteiger partial charge in [-0.3, -0.25) is 0 Å². The van der Waals surface area contributed by atoms with Crippen molar-refractivity contribution in [3.63, 3.8) is 0 Å². The van der Waals surface area contributed by atoms with Gasteiger partial charge in [-0.15, -0.1) is 12.2 Å². The predicted molar refractivity (Wildman–Crippen MR) is 184 cm³/mol. The van der Waals surface area contributed by atoms with E-state index in [1.165, 1.54) is 0 Å². The van der Waals surface area contributed by atoms with Crippen LogP contribution in [0.5, 0.6) is 0 Å². The quantitative estimate of drug-likeness (QED) is 0.226. The van der Waals surface area contributed by atoms with E-state index in [9.17, 15) is 10.2 Å². The van der Waals surface area contributed by atoms with Crippen LogP contribution in [0.15, 0.2) is 78.9 Å². The highest BCUT2D eigenvalue weighted by Gasteiger charge is 2.43. The molecule has 1 fully saturated rings. The zero-order valence-corrected chi connectivity index (χ0v) is 25.9. The Hall–Kier alpha value is -4.72. The van der Waals surface area contributed by atoms with E-state index in [1.807, 2.05) is 24.3 Å². The Labute approximate surface area is 262 Å². The lowest BCUT2D eigenvalue weighted by atomic mass is 9.60. The molecular formula is C38H35N5O2-2. The van der Waals surface area contributed by atoms with Crippen LogP contribution in [-0.4, -0.2) is 53.7 Å². The summed E-state index contributed by atoms with van der Waals surface area (Å²) in [6.45, 7) is 1.50. The van der Waals surface area contributed by atoms with Crippen LogP contribution in [-0.2, 0) is 0 Å². The molecule has 3 aliphatic rings. The maximum atomic E-state index is 14.8. The van der Waals surface area contributed by atoms with Crippen molar-refractivity contribution < 1.29 is 10.2 Å². The zero-order chi connectivity index (χ0) is 30.9. The summed E-state index contributed by atoms with van der Waals surface area (Å²) in [5, 5.41) is 37.8. The van der Waals surface area contributed by atoms with Crippen LogP contribution in [0.25, 0.3) is 43.1 Å². The molecule has 2 heterocycles. The minimum absolute atomic E-state index is 0.611. The van der Waals surface area contributed by atoms with Gasteiger partial charge in [-0.2, -0.15) is 0 Å². The molecule has 0 radical (unpaired) electrons. The monoisotopic (exact) mass is 593 g/mol. The Morgan fingerprint density at radius 3 is 1.60 bits per heavy atom. The second-order valence-electron chi connectivity index (χ2n) is 13.3. The van der Waals surface area contributed by atoms with E-state index >= 15 is 0 Å². The van der Waals surface area contributed by atoms with Crippen molar-refractivity contribution in [1.29, 1.82) is 0 Å². The number of hydrogen-bond acceptors (Lipinski definition) is 7. The van der Waals surface area contributed by atoms with Gasteiger partial charge in [0.15, 0.2) is 0 Å². The largest absolute Gasteiger partial charge is 0.851 e. The summed E-state index contributed by atoms with van der Waals surface area (Å²) in [4.78, 5) is 8.97. The van der Waals surface area contributed by atoms with Crippen LogP contribution in [0.2, 0.25) is 0 Å². The second kappa shape index (κ2) is 9.16. The summed E-state index contributed by atoms with van der Waals surface area (Å²) < 4.78 is 0. The minimum atomic E-state index is -1.12. The van der Waals surface area contributed by atoms with Gasteiger partial charge in [0.2, 0.25) is 0 Å². The van der Waals surface area contributed by atoms with Crippen LogP contribution in [0.4, 0.5) is 28.4 Å². The van der Waals surface area contributed by atoms with Gasteiger partial charge >= 0.3 is 0 Å². The topological polar surface area (TPSA) is 85.1 Å². The Bertz CT molecular complexity index is 2220. The Kier molecular flexibility index (Phi) is 5.43. The Morgan fingerprint density at radius 1 is 0.511 bits per heavy atom. The molecule has 0 saturated heterocycles. The standard InChI is InChI=1S/C38H35N5O2/c1-40-18-42(3)35-21-11-6-5-10-20(21)28(22-12-8-16-26(40)30(22)35)33-37(44)34(38(33)45)32-23-13-9-17-27-31(23)36(43(4)19-41(27)2)24-14-7-15-25(39)29(24)32/h5-17,33-34,37-38H,18-19,39H2,1-4H3/q-2. The zero-order valence-electron chi connectivity index (χ0n) is 25.9. The summed E-state index contributed by atoms with van der Waals surface area (Å²) >= 11 is 0. The lowest BCUT2D eigenvalue weighted by molar-refractivity contribution is -0.535. The number of nitrogen functional groups attached to an aromatic ring is 1. The van der Waals surface area contributed by atoms with Crippen LogP contribution in [0.1, 0.15) is 23.0 Å². The molecule has 1 saturated carbocycles. The van der Waals surface area contributed by atoms with E-state index in [0.717, 1.165) is 90.3 Å². The van der Waals surface area contributed by atoms with E-state index in [-0.39, 0.29) is 0 Å². The van der Waals surface area contributed by atoms with Gasteiger partial charge in [0.1, 0.15) is 0 Å². The summed E-state index contributed by atoms with van der Waals surface area (Å²) in [5.41, 5.74) is 13.6. The number of nitrogens with two attached hydrogens (primary N) is 1.